The Morgan fingerprint density at radius 2 is 2.07 bits per heavy atom. The quantitative estimate of drug-likeness (QED) is 0.612. The lowest BCUT2D eigenvalue weighted by Crippen LogP contribution is -2.28. The topological polar surface area (TPSA) is 51.9 Å². The molecular weight excluding hydrogens is 383 g/mol. The smallest absolute Gasteiger partial charge is 0.150 e. The first-order chi connectivity index (χ1) is 14.7. The fourth-order valence-corrected chi connectivity index (χ4v) is 3.99. The SMILES string of the molecule is COc1cc(F)cc(N2CC(c3cnn(C4CCCCO4)c3)=Nc3ccccc32)c1. The minimum atomic E-state index is -0.340. The first-order valence-corrected chi connectivity index (χ1v) is 10.2. The van der Waals surface area contributed by atoms with E-state index < -0.39 is 0 Å². The van der Waals surface area contributed by atoms with Gasteiger partial charge in [0.2, 0.25) is 0 Å². The second-order valence-electron chi connectivity index (χ2n) is 7.51. The molecule has 7 heteroatoms. The molecule has 3 heterocycles. The summed E-state index contributed by atoms with van der Waals surface area (Å²) in [7, 11) is 1.54. The molecule has 0 bridgehead atoms. The molecule has 0 aliphatic carbocycles. The highest BCUT2D eigenvalue weighted by atomic mass is 19.1. The van der Waals surface area contributed by atoms with Crippen LogP contribution in [-0.2, 0) is 4.74 Å². The van der Waals surface area contributed by atoms with Gasteiger partial charge in [0.05, 0.1) is 36.9 Å². The Labute approximate surface area is 174 Å². The Morgan fingerprint density at radius 3 is 2.90 bits per heavy atom. The summed E-state index contributed by atoms with van der Waals surface area (Å²) in [5.41, 5.74) is 4.29. The largest absolute Gasteiger partial charge is 0.497 e. The molecule has 6 nitrogen and oxygen atoms in total. The van der Waals surface area contributed by atoms with Crippen molar-refractivity contribution in [2.24, 2.45) is 4.99 Å². The van der Waals surface area contributed by atoms with Crippen LogP contribution in [0.25, 0.3) is 0 Å². The molecule has 1 atom stereocenters. The summed E-state index contributed by atoms with van der Waals surface area (Å²) in [6.45, 7) is 1.27. The predicted octanol–water partition coefficient (Wildman–Crippen LogP) is 5.00. The Bertz CT molecular complexity index is 1090. The number of aliphatic imine (C=N–C) groups is 1. The molecule has 2 aliphatic heterocycles. The third-order valence-corrected chi connectivity index (χ3v) is 5.52. The van der Waals surface area contributed by atoms with Gasteiger partial charge in [0.1, 0.15) is 17.8 Å². The van der Waals surface area contributed by atoms with Gasteiger partial charge < -0.3 is 14.4 Å². The summed E-state index contributed by atoms with van der Waals surface area (Å²) in [6, 6.07) is 12.6. The Kier molecular flexibility index (Phi) is 4.96. The molecule has 1 unspecified atom stereocenters. The Balaban J connectivity index is 1.51. The van der Waals surface area contributed by atoms with Crippen LogP contribution in [-0.4, -0.2) is 35.8 Å². The van der Waals surface area contributed by atoms with Gasteiger partial charge in [-0.15, -0.1) is 0 Å². The maximum atomic E-state index is 14.2. The van der Waals surface area contributed by atoms with E-state index in [1.54, 1.807) is 0 Å². The van der Waals surface area contributed by atoms with Gasteiger partial charge in [-0.1, -0.05) is 12.1 Å². The van der Waals surface area contributed by atoms with Gasteiger partial charge in [0.25, 0.3) is 0 Å². The van der Waals surface area contributed by atoms with Crippen molar-refractivity contribution in [3.05, 3.63) is 66.2 Å². The van der Waals surface area contributed by atoms with Crippen molar-refractivity contribution in [3.8, 4) is 5.75 Å². The zero-order valence-corrected chi connectivity index (χ0v) is 16.8. The highest BCUT2D eigenvalue weighted by molar-refractivity contribution is 6.08. The van der Waals surface area contributed by atoms with Crippen molar-refractivity contribution in [3.63, 3.8) is 0 Å². The van der Waals surface area contributed by atoms with Crippen LogP contribution in [0.5, 0.6) is 5.75 Å². The number of para-hydroxylation sites is 2. The van der Waals surface area contributed by atoms with Crippen LogP contribution in [0.3, 0.4) is 0 Å². The van der Waals surface area contributed by atoms with Crippen molar-refractivity contribution >= 4 is 22.8 Å². The van der Waals surface area contributed by atoms with E-state index in [4.69, 9.17) is 14.5 Å². The number of rotatable bonds is 4. The summed E-state index contributed by atoms with van der Waals surface area (Å²) in [5, 5.41) is 4.52. The number of ether oxygens (including phenoxy) is 2. The van der Waals surface area contributed by atoms with Gasteiger partial charge >= 0.3 is 0 Å². The van der Waals surface area contributed by atoms with Crippen molar-refractivity contribution in [1.82, 2.24) is 9.78 Å². The number of hydrogen-bond acceptors (Lipinski definition) is 5. The average Bonchev–Trinajstić information content (AvgIpc) is 3.29. The number of aromatic nitrogens is 2. The third-order valence-electron chi connectivity index (χ3n) is 5.52. The summed E-state index contributed by atoms with van der Waals surface area (Å²) in [5.74, 6) is 0.141. The van der Waals surface area contributed by atoms with E-state index in [1.165, 1.54) is 19.2 Å². The normalized spacial score (nSPS) is 18.7. The number of hydrogen-bond donors (Lipinski definition) is 0. The van der Waals surface area contributed by atoms with E-state index in [-0.39, 0.29) is 12.0 Å². The van der Waals surface area contributed by atoms with Crippen LogP contribution in [0, 0.1) is 5.82 Å². The van der Waals surface area contributed by atoms with E-state index in [9.17, 15) is 4.39 Å². The molecule has 1 fully saturated rings. The molecule has 1 saturated heterocycles. The predicted molar refractivity (Wildman–Crippen MR) is 114 cm³/mol. The lowest BCUT2D eigenvalue weighted by Gasteiger charge is -2.30. The molecule has 2 aliphatic rings. The summed E-state index contributed by atoms with van der Waals surface area (Å²) in [4.78, 5) is 6.92. The lowest BCUT2D eigenvalue weighted by molar-refractivity contribution is -0.0394. The van der Waals surface area contributed by atoms with Crippen LogP contribution >= 0.6 is 0 Å². The van der Waals surface area contributed by atoms with E-state index in [0.717, 1.165) is 54.2 Å². The van der Waals surface area contributed by atoms with E-state index in [1.807, 2.05) is 47.4 Å². The van der Waals surface area contributed by atoms with E-state index in [2.05, 4.69) is 10.00 Å². The zero-order chi connectivity index (χ0) is 20.5. The van der Waals surface area contributed by atoms with E-state index >= 15 is 0 Å². The Hall–Kier alpha value is -3.19. The van der Waals surface area contributed by atoms with Crippen LogP contribution in [0.15, 0.2) is 59.9 Å². The van der Waals surface area contributed by atoms with Crippen molar-refractivity contribution in [1.29, 1.82) is 0 Å². The third kappa shape index (κ3) is 3.57. The average molecular weight is 406 g/mol. The van der Waals surface area contributed by atoms with Crippen molar-refractivity contribution < 1.29 is 13.9 Å². The van der Waals surface area contributed by atoms with Crippen LogP contribution in [0.4, 0.5) is 21.5 Å². The maximum Gasteiger partial charge on any atom is 0.150 e. The highest BCUT2D eigenvalue weighted by Gasteiger charge is 2.24. The number of halogens is 1. The molecule has 0 N–H and O–H groups in total. The van der Waals surface area contributed by atoms with E-state index in [0.29, 0.717) is 12.3 Å². The molecule has 0 saturated carbocycles. The number of methoxy groups -OCH3 is 1. The minimum Gasteiger partial charge on any atom is -0.497 e. The van der Waals surface area contributed by atoms with Crippen LogP contribution in [0.2, 0.25) is 0 Å². The van der Waals surface area contributed by atoms with Gasteiger partial charge in [-0.3, -0.25) is 0 Å². The van der Waals surface area contributed by atoms with Gasteiger partial charge in [-0.2, -0.15) is 5.10 Å². The second kappa shape index (κ2) is 7.91. The first-order valence-electron chi connectivity index (χ1n) is 10.2. The maximum absolute atomic E-state index is 14.2. The number of fused-ring (bicyclic) bond motifs is 1. The fraction of sp³-hybridized carbons (Fsp3) is 0.304. The van der Waals surface area contributed by atoms with Crippen molar-refractivity contribution in [2.45, 2.75) is 25.5 Å². The molecule has 0 amide bonds. The first kappa shape index (κ1) is 18.8. The molecular formula is C23H23FN4O2. The monoisotopic (exact) mass is 406 g/mol. The summed E-state index contributed by atoms with van der Waals surface area (Å²) >= 11 is 0. The van der Waals surface area contributed by atoms with Crippen LogP contribution < -0.4 is 9.64 Å². The fourth-order valence-electron chi connectivity index (χ4n) is 3.99. The Morgan fingerprint density at radius 1 is 1.17 bits per heavy atom. The molecule has 0 radical (unpaired) electrons. The van der Waals surface area contributed by atoms with Gasteiger partial charge in [0, 0.05) is 36.2 Å². The summed E-state index contributed by atoms with van der Waals surface area (Å²) < 4.78 is 27.2. The lowest BCUT2D eigenvalue weighted by atomic mass is 10.1. The van der Waals surface area contributed by atoms with Gasteiger partial charge in [-0.05, 0) is 37.5 Å². The molecule has 0 spiro atoms. The zero-order valence-electron chi connectivity index (χ0n) is 16.8. The summed E-state index contributed by atoms with van der Waals surface area (Å²) in [6.07, 6.45) is 7.00. The minimum absolute atomic E-state index is 0.0208. The molecule has 3 aromatic rings. The number of nitrogens with zero attached hydrogens (tertiary/aromatic N) is 4. The molecule has 5 rings (SSSR count). The van der Waals surface area contributed by atoms with Crippen LogP contribution in [0.1, 0.15) is 31.1 Å². The second-order valence-corrected chi connectivity index (χ2v) is 7.51. The number of anilines is 2. The number of benzene rings is 2. The van der Waals surface area contributed by atoms with Gasteiger partial charge in [-0.25, -0.2) is 14.1 Å². The molecule has 154 valence electrons. The molecule has 30 heavy (non-hydrogen) atoms. The van der Waals surface area contributed by atoms with Gasteiger partial charge in [0.15, 0.2) is 0 Å². The molecule has 1 aromatic heterocycles. The molecule has 2 aromatic carbocycles. The van der Waals surface area contributed by atoms with Crippen molar-refractivity contribution in [2.75, 3.05) is 25.2 Å². The standard InChI is InChI=1S/C23H23FN4O2/c1-29-19-11-17(24)10-18(12-19)27-15-21(26-20-6-2-3-7-22(20)27)16-13-25-28(14-16)23-8-4-5-9-30-23/h2-3,6-7,10-14,23H,4-5,8-9,15H2,1H3. The highest BCUT2D eigenvalue weighted by Crippen LogP contribution is 2.39.